The van der Waals surface area contributed by atoms with Crippen LogP contribution in [0.15, 0.2) is 42.6 Å². The van der Waals surface area contributed by atoms with Crippen molar-refractivity contribution in [2.75, 3.05) is 19.6 Å². The number of nitrogens with two attached hydrogens (primary N) is 1. The van der Waals surface area contributed by atoms with Crippen molar-refractivity contribution in [2.45, 2.75) is 24.9 Å². The third kappa shape index (κ3) is 3.29. The summed E-state index contributed by atoms with van der Waals surface area (Å²) in [5.41, 5.74) is 7.42. The van der Waals surface area contributed by atoms with Crippen LogP contribution in [0, 0.1) is 0 Å². The van der Waals surface area contributed by atoms with E-state index in [1.165, 1.54) is 16.9 Å². The van der Waals surface area contributed by atoms with Crippen molar-refractivity contribution < 1.29 is 9.53 Å². The number of benzene rings is 1. The van der Waals surface area contributed by atoms with Crippen molar-refractivity contribution in [1.82, 2.24) is 19.8 Å². The highest BCUT2D eigenvalue weighted by molar-refractivity contribution is 7.20. The maximum Gasteiger partial charge on any atom is 0.315 e. The van der Waals surface area contributed by atoms with Gasteiger partial charge in [0.15, 0.2) is 5.65 Å². The number of carbonyl (C=O) groups excluding carboxylic acids is 1. The maximum atomic E-state index is 11.4. The molecule has 2 aromatic heterocycles. The number of urea groups is 1. The molecule has 144 valence electrons. The zero-order valence-corrected chi connectivity index (χ0v) is 16.1. The van der Waals surface area contributed by atoms with Crippen LogP contribution in [0.4, 0.5) is 4.79 Å². The van der Waals surface area contributed by atoms with E-state index in [4.69, 9.17) is 10.5 Å². The zero-order chi connectivity index (χ0) is 19.1. The number of likely N-dealkylation sites (tertiary alicyclic amines) is 2. The quantitative estimate of drug-likeness (QED) is 0.718. The topological polar surface area (TPSA) is 84.6 Å². The first-order valence-corrected chi connectivity index (χ1v) is 10.3. The van der Waals surface area contributed by atoms with Gasteiger partial charge in [0.05, 0.1) is 4.70 Å². The third-order valence-corrected chi connectivity index (χ3v) is 6.49. The third-order valence-electron chi connectivity index (χ3n) is 5.60. The van der Waals surface area contributed by atoms with E-state index >= 15 is 0 Å². The van der Waals surface area contributed by atoms with Crippen molar-refractivity contribution in [1.29, 1.82) is 0 Å². The van der Waals surface area contributed by atoms with E-state index in [1.54, 1.807) is 6.20 Å². The number of pyridine rings is 1. The molecule has 2 saturated heterocycles. The van der Waals surface area contributed by atoms with Gasteiger partial charge in [-0.25, -0.2) is 9.78 Å². The fraction of sp³-hybridized carbons (Fsp3) is 0.350. The zero-order valence-electron chi connectivity index (χ0n) is 15.3. The predicted octanol–water partition coefficient (Wildman–Crippen LogP) is 2.86. The summed E-state index contributed by atoms with van der Waals surface area (Å²) in [7, 11) is 0. The SMILES string of the molecule is NC(=O)N1C[C@@H]2C[C@H]1CN2CCc1ccc(Oc2nc3ncccc3s2)cc1. The van der Waals surface area contributed by atoms with Crippen LogP contribution >= 0.6 is 11.3 Å². The number of piperazine rings is 1. The lowest BCUT2D eigenvalue weighted by molar-refractivity contribution is 0.142. The van der Waals surface area contributed by atoms with E-state index < -0.39 is 0 Å². The predicted molar refractivity (Wildman–Crippen MR) is 108 cm³/mol. The molecule has 3 aromatic rings. The van der Waals surface area contributed by atoms with Crippen LogP contribution < -0.4 is 10.5 Å². The number of aromatic nitrogens is 2. The highest BCUT2D eigenvalue weighted by Crippen LogP contribution is 2.31. The van der Waals surface area contributed by atoms with Gasteiger partial charge in [0, 0.05) is 37.9 Å². The van der Waals surface area contributed by atoms with Crippen molar-refractivity contribution >= 4 is 27.7 Å². The highest BCUT2D eigenvalue weighted by atomic mass is 32.1. The van der Waals surface area contributed by atoms with Crippen LogP contribution in [0.25, 0.3) is 10.3 Å². The van der Waals surface area contributed by atoms with Crippen LogP contribution in [0.1, 0.15) is 12.0 Å². The van der Waals surface area contributed by atoms with E-state index in [-0.39, 0.29) is 6.03 Å². The summed E-state index contributed by atoms with van der Waals surface area (Å²) in [5, 5.41) is 0.605. The molecule has 8 heteroatoms. The van der Waals surface area contributed by atoms with Gasteiger partial charge < -0.3 is 15.4 Å². The summed E-state index contributed by atoms with van der Waals surface area (Å²) < 4.78 is 6.90. The number of nitrogens with zero attached hydrogens (tertiary/aromatic N) is 4. The second-order valence-electron chi connectivity index (χ2n) is 7.33. The lowest BCUT2D eigenvalue weighted by Crippen LogP contribution is -2.50. The smallest absolute Gasteiger partial charge is 0.315 e. The maximum absolute atomic E-state index is 11.4. The number of carbonyl (C=O) groups is 1. The first kappa shape index (κ1) is 17.4. The molecule has 28 heavy (non-hydrogen) atoms. The number of hydrogen-bond acceptors (Lipinski definition) is 6. The Morgan fingerprint density at radius 1 is 1.21 bits per heavy atom. The molecule has 2 aliphatic heterocycles. The molecule has 1 aromatic carbocycles. The van der Waals surface area contributed by atoms with Crippen LogP contribution in [0.3, 0.4) is 0 Å². The number of fused-ring (bicyclic) bond motifs is 3. The fourth-order valence-corrected chi connectivity index (χ4v) is 4.98. The molecular weight excluding hydrogens is 374 g/mol. The Labute approximate surface area is 166 Å². The van der Waals surface area contributed by atoms with Crippen LogP contribution in [0.2, 0.25) is 0 Å². The average molecular weight is 395 g/mol. The minimum Gasteiger partial charge on any atom is -0.431 e. The molecule has 2 bridgehead atoms. The lowest BCUT2D eigenvalue weighted by Gasteiger charge is -2.33. The number of hydrogen-bond donors (Lipinski definition) is 1. The largest absolute Gasteiger partial charge is 0.431 e. The molecule has 0 saturated carbocycles. The molecule has 0 aliphatic carbocycles. The van der Waals surface area contributed by atoms with Gasteiger partial charge in [0.25, 0.3) is 5.19 Å². The van der Waals surface area contributed by atoms with E-state index in [0.717, 1.165) is 42.9 Å². The number of ether oxygens (including phenoxy) is 1. The molecule has 2 N–H and O–H groups in total. The van der Waals surface area contributed by atoms with E-state index in [1.807, 2.05) is 29.2 Å². The van der Waals surface area contributed by atoms with Crippen LogP contribution in [0.5, 0.6) is 10.9 Å². The van der Waals surface area contributed by atoms with Gasteiger partial charge in [-0.1, -0.05) is 23.5 Å². The first-order chi connectivity index (χ1) is 13.7. The summed E-state index contributed by atoms with van der Waals surface area (Å²) in [6, 6.07) is 12.5. The molecule has 2 atom stereocenters. The molecule has 5 rings (SSSR count). The minimum absolute atomic E-state index is 0.286. The number of primary amides is 1. The monoisotopic (exact) mass is 395 g/mol. The standard InChI is InChI=1S/C20H21N5O2S/c21-19(26)25-12-14-10-15(25)11-24(14)9-7-13-3-5-16(6-4-13)27-20-23-18-17(28-20)2-1-8-22-18/h1-6,8,14-15H,7,9-12H2,(H2,21,26)/t14-,15-/m0/s1. The van der Waals surface area contributed by atoms with Gasteiger partial charge in [-0.05, 0) is 42.7 Å². The molecule has 2 fully saturated rings. The Balaban J connectivity index is 1.17. The molecule has 7 nitrogen and oxygen atoms in total. The second kappa shape index (κ2) is 7.03. The molecule has 2 amide bonds. The van der Waals surface area contributed by atoms with Crippen molar-refractivity contribution in [2.24, 2.45) is 5.73 Å². The van der Waals surface area contributed by atoms with E-state index in [2.05, 4.69) is 27.0 Å². The normalized spacial score (nSPS) is 21.5. The fourth-order valence-electron chi connectivity index (χ4n) is 4.18. The van der Waals surface area contributed by atoms with Crippen LogP contribution in [-0.4, -0.2) is 57.5 Å². The number of thiazole rings is 1. The van der Waals surface area contributed by atoms with Gasteiger partial charge in [-0.3, -0.25) is 4.90 Å². The summed E-state index contributed by atoms with van der Waals surface area (Å²) >= 11 is 1.49. The van der Waals surface area contributed by atoms with Gasteiger partial charge >= 0.3 is 6.03 Å². The molecule has 2 aliphatic rings. The van der Waals surface area contributed by atoms with Gasteiger partial charge in [-0.2, -0.15) is 4.98 Å². The van der Waals surface area contributed by atoms with Crippen molar-refractivity contribution in [3.63, 3.8) is 0 Å². The lowest BCUT2D eigenvalue weighted by atomic mass is 10.1. The number of amides is 2. The molecular formula is C20H21N5O2S. The molecule has 0 radical (unpaired) electrons. The summed E-state index contributed by atoms with van der Waals surface area (Å²) in [5.74, 6) is 0.778. The molecule has 0 spiro atoms. The Hall–Kier alpha value is -2.71. The van der Waals surface area contributed by atoms with Gasteiger partial charge in [0.2, 0.25) is 0 Å². The highest BCUT2D eigenvalue weighted by Gasteiger charge is 2.44. The van der Waals surface area contributed by atoms with E-state index in [0.29, 0.717) is 22.9 Å². The first-order valence-electron chi connectivity index (χ1n) is 9.44. The van der Waals surface area contributed by atoms with Crippen molar-refractivity contribution in [3.05, 3.63) is 48.2 Å². The Kier molecular flexibility index (Phi) is 4.37. The summed E-state index contributed by atoms with van der Waals surface area (Å²) in [6.07, 6.45) is 3.76. The Bertz CT molecular complexity index is 972. The minimum atomic E-state index is -0.286. The van der Waals surface area contributed by atoms with Gasteiger partial charge in [0.1, 0.15) is 5.75 Å². The second-order valence-corrected chi connectivity index (χ2v) is 8.32. The molecule has 0 unspecified atom stereocenters. The molecule has 4 heterocycles. The Morgan fingerprint density at radius 2 is 2.07 bits per heavy atom. The number of rotatable bonds is 5. The summed E-state index contributed by atoms with van der Waals surface area (Å²) in [4.78, 5) is 24.3. The van der Waals surface area contributed by atoms with Gasteiger partial charge in [-0.15, -0.1) is 0 Å². The Morgan fingerprint density at radius 3 is 2.79 bits per heavy atom. The van der Waals surface area contributed by atoms with E-state index in [9.17, 15) is 4.79 Å². The average Bonchev–Trinajstić information content (AvgIpc) is 3.40. The van der Waals surface area contributed by atoms with Crippen LogP contribution in [-0.2, 0) is 6.42 Å². The van der Waals surface area contributed by atoms with Crippen molar-refractivity contribution in [3.8, 4) is 10.9 Å². The summed E-state index contributed by atoms with van der Waals surface area (Å²) in [6.45, 7) is 2.70.